The van der Waals surface area contributed by atoms with Crippen LogP contribution in [0, 0.1) is 0 Å². The number of unbranched alkanes of at least 4 members (excludes halogenated alkanes) is 1. The molecular formula is C8H16O3. The Hall–Kier alpha value is -0.120. The molecule has 0 amide bonds. The minimum absolute atomic E-state index is 0.0524. The van der Waals surface area contributed by atoms with Gasteiger partial charge in [-0.1, -0.05) is 13.3 Å². The van der Waals surface area contributed by atoms with E-state index in [0.29, 0.717) is 6.61 Å². The lowest BCUT2D eigenvalue weighted by Gasteiger charge is -1.98. The second kappa shape index (κ2) is 4.70. The molecule has 0 aromatic carbocycles. The van der Waals surface area contributed by atoms with Gasteiger partial charge in [-0.3, -0.25) is 0 Å². The first-order valence-electron chi connectivity index (χ1n) is 4.22. The molecule has 0 bridgehead atoms. The first kappa shape index (κ1) is 8.97. The van der Waals surface area contributed by atoms with E-state index in [1.807, 2.05) is 0 Å². The van der Waals surface area contributed by atoms with E-state index in [-0.39, 0.29) is 18.8 Å². The average molecular weight is 160 g/mol. The molecule has 1 rings (SSSR count). The lowest BCUT2D eigenvalue weighted by atomic mass is 10.3. The summed E-state index contributed by atoms with van der Waals surface area (Å²) >= 11 is 0. The zero-order valence-electron chi connectivity index (χ0n) is 6.95. The summed E-state index contributed by atoms with van der Waals surface area (Å²) in [5.41, 5.74) is 0. The zero-order valence-corrected chi connectivity index (χ0v) is 6.95. The second-order valence-corrected chi connectivity index (χ2v) is 2.82. The smallest absolute Gasteiger partial charge is 0.110 e. The summed E-state index contributed by atoms with van der Waals surface area (Å²) in [5.74, 6) is 0. The predicted octanol–water partition coefficient (Wildman–Crippen LogP) is 0.563. The number of rotatable bonds is 6. The van der Waals surface area contributed by atoms with Crippen molar-refractivity contribution >= 4 is 0 Å². The van der Waals surface area contributed by atoms with Crippen LogP contribution >= 0.6 is 0 Å². The second-order valence-electron chi connectivity index (χ2n) is 2.82. The molecule has 0 spiro atoms. The van der Waals surface area contributed by atoms with Crippen molar-refractivity contribution in [2.75, 3.05) is 19.8 Å². The van der Waals surface area contributed by atoms with E-state index in [4.69, 9.17) is 14.6 Å². The number of epoxide rings is 1. The van der Waals surface area contributed by atoms with Gasteiger partial charge < -0.3 is 14.6 Å². The van der Waals surface area contributed by atoms with E-state index in [2.05, 4.69) is 6.92 Å². The third-order valence-electron chi connectivity index (χ3n) is 1.79. The molecule has 11 heavy (non-hydrogen) atoms. The average Bonchev–Trinajstić information content (AvgIpc) is 2.77. The van der Waals surface area contributed by atoms with Gasteiger partial charge in [0.1, 0.15) is 12.2 Å². The van der Waals surface area contributed by atoms with Crippen molar-refractivity contribution in [1.82, 2.24) is 0 Å². The largest absolute Gasteiger partial charge is 0.394 e. The van der Waals surface area contributed by atoms with E-state index in [9.17, 15) is 0 Å². The van der Waals surface area contributed by atoms with Crippen LogP contribution in [-0.4, -0.2) is 37.1 Å². The maximum absolute atomic E-state index is 8.60. The van der Waals surface area contributed by atoms with Crippen molar-refractivity contribution in [3.8, 4) is 0 Å². The van der Waals surface area contributed by atoms with Crippen LogP contribution in [0.15, 0.2) is 0 Å². The molecule has 1 N–H and O–H groups in total. The highest BCUT2D eigenvalue weighted by molar-refractivity contribution is 4.83. The van der Waals surface area contributed by atoms with E-state index in [0.717, 1.165) is 19.4 Å². The van der Waals surface area contributed by atoms with Crippen LogP contribution in [0.2, 0.25) is 0 Å². The normalized spacial score (nSPS) is 28.9. The molecule has 1 fully saturated rings. The number of aliphatic hydroxyl groups is 1. The zero-order chi connectivity index (χ0) is 8.10. The van der Waals surface area contributed by atoms with Gasteiger partial charge in [0.05, 0.1) is 13.2 Å². The third kappa shape index (κ3) is 3.18. The van der Waals surface area contributed by atoms with Crippen LogP contribution in [0.25, 0.3) is 0 Å². The van der Waals surface area contributed by atoms with Gasteiger partial charge in [-0.05, 0) is 6.42 Å². The van der Waals surface area contributed by atoms with Gasteiger partial charge in [-0.2, -0.15) is 0 Å². The fourth-order valence-electron chi connectivity index (χ4n) is 0.932. The number of ether oxygens (including phenoxy) is 2. The van der Waals surface area contributed by atoms with Crippen molar-refractivity contribution in [2.24, 2.45) is 0 Å². The van der Waals surface area contributed by atoms with Gasteiger partial charge in [0.25, 0.3) is 0 Å². The van der Waals surface area contributed by atoms with Crippen LogP contribution in [0.4, 0.5) is 0 Å². The molecule has 1 aliphatic rings. The molecule has 0 aliphatic carbocycles. The SMILES string of the molecule is CCCCOC[C@H]1O[C@@H]1CO. The van der Waals surface area contributed by atoms with Gasteiger partial charge in [0, 0.05) is 6.61 Å². The fourth-order valence-corrected chi connectivity index (χ4v) is 0.932. The molecule has 0 aromatic heterocycles. The summed E-state index contributed by atoms with van der Waals surface area (Å²) in [7, 11) is 0. The van der Waals surface area contributed by atoms with Crippen molar-refractivity contribution in [1.29, 1.82) is 0 Å². The fraction of sp³-hybridized carbons (Fsp3) is 1.00. The minimum Gasteiger partial charge on any atom is -0.394 e. The minimum atomic E-state index is 0.0524. The lowest BCUT2D eigenvalue weighted by Crippen LogP contribution is -2.07. The van der Waals surface area contributed by atoms with E-state index >= 15 is 0 Å². The van der Waals surface area contributed by atoms with Gasteiger partial charge in [0.15, 0.2) is 0 Å². The van der Waals surface area contributed by atoms with E-state index < -0.39 is 0 Å². The number of hydrogen-bond donors (Lipinski definition) is 1. The molecule has 0 saturated carbocycles. The summed E-state index contributed by atoms with van der Waals surface area (Å²) in [4.78, 5) is 0. The maximum Gasteiger partial charge on any atom is 0.110 e. The Morgan fingerprint density at radius 2 is 2.27 bits per heavy atom. The highest BCUT2D eigenvalue weighted by Gasteiger charge is 2.37. The molecule has 0 radical (unpaired) electrons. The monoisotopic (exact) mass is 160 g/mol. The van der Waals surface area contributed by atoms with Crippen LogP contribution in [-0.2, 0) is 9.47 Å². The van der Waals surface area contributed by atoms with Crippen LogP contribution in [0.1, 0.15) is 19.8 Å². The Kier molecular flexibility index (Phi) is 3.83. The molecule has 2 atom stereocenters. The van der Waals surface area contributed by atoms with Crippen molar-refractivity contribution < 1.29 is 14.6 Å². The molecule has 0 aromatic rings. The van der Waals surface area contributed by atoms with Crippen LogP contribution in [0.3, 0.4) is 0 Å². The molecule has 3 nitrogen and oxygen atoms in total. The summed E-state index contributed by atoms with van der Waals surface area (Å²) < 4.78 is 10.4. The van der Waals surface area contributed by atoms with Crippen molar-refractivity contribution in [2.45, 2.75) is 32.0 Å². The highest BCUT2D eigenvalue weighted by atomic mass is 16.6. The summed E-state index contributed by atoms with van der Waals surface area (Å²) in [5, 5.41) is 8.60. The highest BCUT2D eigenvalue weighted by Crippen LogP contribution is 2.21. The molecular weight excluding hydrogens is 144 g/mol. The molecule has 66 valence electrons. The first-order valence-corrected chi connectivity index (χ1v) is 4.22. The Bertz CT molecular complexity index is 106. The van der Waals surface area contributed by atoms with Gasteiger partial charge in [0.2, 0.25) is 0 Å². The topological polar surface area (TPSA) is 42.0 Å². The van der Waals surface area contributed by atoms with Gasteiger partial charge >= 0.3 is 0 Å². The Labute approximate surface area is 67.3 Å². The van der Waals surface area contributed by atoms with Crippen molar-refractivity contribution in [3.05, 3.63) is 0 Å². The van der Waals surface area contributed by atoms with Crippen LogP contribution in [0.5, 0.6) is 0 Å². The van der Waals surface area contributed by atoms with E-state index in [1.165, 1.54) is 0 Å². The van der Waals surface area contributed by atoms with Gasteiger partial charge in [-0.15, -0.1) is 0 Å². The Morgan fingerprint density at radius 1 is 1.45 bits per heavy atom. The van der Waals surface area contributed by atoms with E-state index in [1.54, 1.807) is 0 Å². The molecule has 0 unspecified atom stereocenters. The first-order chi connectivity index (χ1) is 5.38. The van der Waals surface area contributed by atoms with Gasteiger partial charge in [-0.25, -0.2) is 0 Å². The Balaban J connectivity index is 1.82. The number of hydrogen-bond acceptors (Lipinski definition) is 3. The third-order valence-corrected chi connectivity index (χ3v) is 1.79. The van der Waals surface area contributed by atoms with Crippen molar-refractivity contribution in [3.63, 3.8) is 0 Å². The number of aliphatic hydroxyl groups excluding tert-OH is 1. The summed E-state index contributed by atoms with van der Waals surface area (Å²) in [6.45, 7) is 3.72. The summed E-state index contributed by atoms with van der Waals surface area (Å²) in [6.07, 6.45) is 2.49. The maximum atomic E-state index is 8.60. The van der Waals surface area contributed by atoms with Crippen LogP contribution < -0.4 is 0 Å². The summed E-state index contributed by atoms with van der Waals surface area (Å²) in [6, 6.07) is 0. The Morgan fingerprint density at radius 3 is 2.82 bits per heavy atom. The standard InChI is InChI=1S/C8H16O3/c1-2-3-4-10-6-8-7(5-9)11-8/h7-9H,2-6H2,1H3/t7-,8-/m1/s1. The predicted molar refractivity (Wildman–Crippen MR) is 41.5 cm³/mol. The lowest BCUT2D eigenvalue weighted by molar-refractivity contribution is 0.114. The molecule has 1 aliphatic heterocycles. The quantitative estimate of drug-likeness (QED) is 0.456. The molecule has 1 saturated heterocycles. The molecule has 3 heteroatoms. The molecule has 1 heterocycles.